The normalized spacial score (nSPS) is 15.4. The van der Waals surface area contributed by atoms with Crippen LogP contribution in [0, 0.1) is 0 Å². The van der Waals surface area contributed by atoms with Crippen molar-refractivity contribution in [3.05, 3.63) is 96.6 Å². The molecule has 0 saturated carbocycles. The summed E-state index contributed by atoms with van der Waals surface area (Å²) >= 11 is 0. The highest BCUT2D eigenvalue weighted by Crippen LogP contribution is 2.35. The number of benzene rings is 2. The minimum absolute atomic E-state index is 0.0202. The van der Waals surface area contributed by atoms with Crippen molar-refractivity contribution in [2.24, 2.45) is 0 Å². The number of likely N-dealkylation sites (tertiary alicyclic amines) is 1. The number of nitrogens with one attached hydrogen (secondary N) is 1. The molecule has 192 valence electrons. The van der Waals surface area contributed by atoms with Crippen LogP contribution in [0.25, 0.3) is 22.0 Å². The van der Waals surface area contributed by atoms with Crippen LogP contribution in [-0.4, -0.2) is 44.8 Å². The number of hydrogen-bond acceptors (Lipinski definition) is 5. The molecule has 4 aromatic rings. The third-order valence-corrected chi connectivity index (χ3v) is 6.56. The van der Waals surface area contributed by atoms with Gasteiger partial charge < -0.3 is 10.2 Å². The third kappa shape index (κ3) is 5.10. The van der Waals surface area contributed by atoms with Crippen molar-refractivity contribution in [3.8, 4) is 11.1 Å². The molecule has 0 radical (unpaired) electrons. The molecule has 1 saturated heterocycles. The van der Waals surface area contributed by atoms with E-state index in [1.807, 2.05) is 6.07 Å². The Balaban J connectivity index is 1.38. The maximum Gasteiger partial charge on any atom is 0.417 e. The highest BCUT2D eigenvalue weighted by atomic mass is 19.4. The van der Waals surface area contributed by atoms with Gasteiger partial charge in [-0.1, -0.05) is 18.7 Å². The number of rotatable bonds is 5. The van der Waals surface area contributed by atoms with Crippen molar-refractivity contribution >= 4 is 28.5 Å². The number of hydrogen-bond donors (Lipinski definition) is 1. The van der Waals surface area contributed by atoms with Crippen molar-refractivity contribution in [3.63, 3.8) is 0 Å². The standard InChI is InChI=1S/C28H22F3N5O2/c1-2-25(37)36-10-9-19(15-36)23-12-20(11-21-13-32-16-34-26(21)23)17-3-5-18(6-4-17)27(38)35-24-8-7-22(14-33-24)28(29,30)31/h2-8,11-14,16,19H,1,9-10,15H2,(H,33,35,38). The minimum atomic E-state index is -4.50. The average Bonchev–Trinajstić information content (AvgIpc) is 3.42. The summed E-state index contributed by atoms with van der Waals surface area (Å²) in [7, 11) is 0. The van der Waals surface area contributed by atoms with E-state index >= 15 is 0 Å². The topological polar surface area (TPSA) is 88.1 Å². The molecule has 10 heteroatoms. The van der Waals surface area contributed by atoms with E-state index in [0.29, 0.717) is 24.8 Å². The van der Waals surface area contributed by atoms with Gasteiger partial charge >= 0.3 is 6.18 Å². The smallest absolute Gasteiger partial charge is 0.339 e. The Morgan fingerprint density at radius 1 is 1.03 bits per heavy atom. The SMILES string of the molecule is C=CC(=O)N1CCC(c2cc(-c3ccc(C(=O)Nc4ccc(C(F)(F)F)cn4)cc3)cc3cncnc23)C1. The predicted molar refractivity (Wildman–Crippen MR) is 136 cm³/mol. The van der Waals surface area contributed by atoms with E-state index in [1.54, 1.807) is 35.4 Å². The molecule has 0 aliphatic carbocycles. The van der Waals surface area contributed by atoms with Gasteiger partial charge in [0.05, 0.1) is 11.1 Å². The molecule has 1 unspecified atom stereocenters. The molecule has 1 N–H and O–H groups in total. The fourth-order valence-electron chi connectivity index (χ4n) is 4.59. The van der Waals surface area contributed by atoms with Crippen LogP contribution in [-0.2, 0) is 11.0 Å². The molecular formula is C28H22F3N5O2. The van der Waals surface area contributed by atoms with Gasteiger partial charge in [-0.25, -0.2) is 15.0 Å². The molecule has 1 aliphatic rings. The number of fused-ring (bicyclic) bond motifs is 1. The lowest BCUT2D eigenvalue weighted by molar-refractivity contribution is -0.137. The van der Waals surface area contributed by atoms with Gasteiger partial charge in [-0.3, -0.25) is 9.59 Å². The zero-order chi connectivity index (χ0) is 26.9. The summed E-state index contributed by atoms with van der Waals surface area (Å²) in [5.74, 6) is -0.457. The number of alkyl halides is 3. The van der Waals surface area contributed by atoms with E-state index in [-0.39, 0.29) is 17.6 Å². The van der Waals surface area contributed by atoms with Crippen LogP contribution in [0.4, 0.5) is 19.0 Å². The molecule has 5 rings (SSSR count). The number of halogens is 3. The summed E-state index contributed by atoms with van der Waals surface area (Å²) in [6.07, 6.45) is 1.56. The number of carbonyl (C=O) groups excluding carboxylic acids is 2. The minimum Gasteiger partial charge on any atom is -0.339 e. The second-order valence-corrected chi connectivity index (χ2v) is 8.96. The van der Waals surface area contributed by atoms with Gasteiger partial charge in [-0.05, 0) is 65.6 Å². The van der Waals surface area contributed by atoms with Crippen LogP contribution in [0.15, 0.2) is 79.9 Å². The molecule has 2 amide bonds. The van der Waals surface area contributed by atoms with Gasteiger partial charge in [0.2, 0.25) is 5.91 Å². The van der Waals surface area contributed by atoms with Crippen molar-refractivity contribution in [2.45, 2.75) is 18.5 Å². The molecule has 0 bridgehead atoms. The van der Waals surface area contributed by atoms with Crippen molar-refractivity contribution < 1.29 is 22.8 Å². The van der Waals surface area contributed by atoms with Gasteiger partial charge in [-0.2, -0.15) is 13.2 Å². The zero-order valence-electron chi connectivity index (χ0n) is 20.1. The number of aromatic nitrogens is 3. The first-order valence-electron chi connectivity index (χ1n) is 11.8. The first-order chi connectivity index (χ1) is 18.2. The Labute approximate surface area is 216 Å². The lowest BCUT2D eigenvalue weighted by Gasteiger charge is -2.17. The predicted octanol–water partition coefficient (Wildman–Crippen LogP) is 5.46. The molecule has 1 aliphatic heterocycles. The van der Waals surface area contributed by atoms with Crippen LogP contribution < -0.4 is 5.32 Å². The summed E-state index contributed by atoms with van der Waals surface area (Å²) in [5, 5.41) is 3.38. The van der Waals surface area contributed by atoms with Crippen LogP contribution in [0.5, 0.6) is 0 Å². The fourth-order valence-corrected chi connectivity index (χ4v) is 4.59. The van der Waals surface area contributed by atoms with E-state index in [2.05, 4.69) is 32.9 Å². The van der Waals surface area contributed by atoms with E-state index in [9.17, 15) is 22.8 Å². The molecule has 1 atom stereocenters. The lowest BCUT2D eigenvalue weighted by Crippen LogP contribution is -2.26. The Morgan fingerprint density at radius 2 is 1.82 bits per heavy atom. The Kier molecular flexibility index (Phi) is 6.62. The maximum atomic E-state index is 12.7. The summed E-state index contributed by atoms with van der Waals surface area (Å²) in [5.41, 5.74) is 3.06. The first kappa shape index (κ1) is 25.1. The van der Waals surface area contributed by atoms with Gasteiger partial charge in [0.25, 0.3) is 5.91 Å². The average molecular weight is 518 g/mol. The molecular weight excluding hydrogens is 495 g/mol. The van der Waals surface area contributed by atoms with Gasteiger partial charge in [0, 0.05) is 42.4 Å². The third-order valence-electron chi connectivity index (χ3n) is 6.56. The van der Waals surface area contributed by atoms with Crippen LogP contribution in [0.3, 0.4) is 0 Å². The molecule has 0 spiro atoms. The Bertz CT molecular complexity index is 1520. The van der Waals surface area contributed by atoms with E-state index < -0.39 is 17.6 Å². The maximum absolute atomic E-state index is 12.7. The monoisotopic (exact) mass is 517 g/mol. The summed E-state index contributed by atoms with van der Waals surface area (Å²) in [6, 6.07) is 12.9. The Morgan fingerprint density at radius 3 is 2.50 bits per heavy atom. The van der Waals surface area contributed by atoms with E-state index in [4.69, 9.17) is 0 Å². The number of carbonyl (C=O) groups is 2. The number of nitrogens with zero attached hydrogens (tertiary/aromatic N) is 4. The van der Waals surface area contributed by atoms with Crippen molar-refractivity contribution in [1.82, 2.24) is 19.9 Å². The van der Waals surface area contributed by atoms with E-state index in [0.717, 1.165) is 46.1 Å². The fraction of sp³-hybridized carbons (Fsp3) is 0.179. The molecule has 2 aromatic heterocycles. The second kappa shape index (κ2) is 10.0. The number of pyridine rings is 1. The Hall–Kier alpha value is -4.60. The van der Waals surface area contributed by atoms with Gasteiger partial charge in [0.15, 0.2) is 0 Å². The molecule has 1 fully saturated rings. The van der Waals surface area contributed by atoms with Crippen molar-refractivity contribution in [2.75, 3.05) is 18.4 Å². The molecule has 7 nitrogen and oxygen atoms in total. The highest BCUT2D eigenvalue weighted by Gasteiger charge is 2.31. The second-order valence-electron chi connectivity index (χ2n) is 8.96. The first-order valence-corrected chi connectivity index (χ1v) is 11.8. The molecule has 38 heavy (non-hydrogen) atoms. The summed E-state index contributed by atoms with van der Waals surface area (Å²) in [6.45, 7) is 4.79. The molecule has 2 aromatic carbocycles. The summed E-state index contributed by atoms with van der Waals surface area (Å²) in [4.78, 5) is 38.8. The van der Waals surface area contributed by atoms with Gasteiger partial charge in [-0.15, -0.1) is 0 Å². The quantitative estimate of drug-likeness (QED) is 0.355. The molecule has 3 heterocycles. The largest absolute Gasteiger partial charge is 0.417 e. The van der Waals surface area contributed by atoms with Gasteiger partial charge in [0.1, 0.15) is 12.1 Å². The van der Waals surface area contributed by atoms with Crippen LogP contribution >= 0.6 is 0 Å². The van der Waals surface area contributed by atoms with Crippen LogP contribution in [0.1, 0.15) is 33.8 Å². The highest BCUT2D eigenvalue weighted by molar-refractivity contribution is 6.04. The van der Waals surface area contributed by atoms with E-state index in [1.165, 1.54) is 12.4 Å². The summed E-state index contributed by atoms with van der Waals surface area (Å²) < 4.78 is 38.2. The van der Waals surface area contributed by atoms with Crippen molar-refractivity contribution in [1.29, 1.82) is 0 Å². The zero-order valence-corrected chi connectivity index (χ0v) is 20.1. The number of anilines is 1. The lowest BCUT2D eigenvalue weighted by atomic mass is 9.91. The number of amides is 2. The van der Waals surface area contributed by atoms with Crippen LogP contribution in [0.2, 0.25) is 0 Å².